The molecule has 0 aliphatic carbocycles. The van der Waals surface area contributed by atoms with Gasteiger partial charge in [0.2, 0.25) is 5.91 Å². The molecular weight excluding hydrogens is 240 g/mol. The molecule has 1 aliphatic rings. The Hall–Kier alpha value is -1.84. The van der Waals surface area contributed by atoms with E-state index in [0.29, 0.717) is 12.1 Å². The first kappa shape index (κ1) is 13.6. The minimum atomic E-state index is -0.0763. The Labute approximate surface area is 113 Å². The molecule has 102 valence electrons. The van der Waals surface area contributed by atoms with Crippen LogP contribution in [0.25, 0.3) is 0 Å². The van der Waals surface area contributed by atoms with Gasteiger partial charge in [-0.3, -0.25) is 9.59 Å². The second-order valence-corrected chi connectivity index (χ2v) is 5.05. The second-order valence-electron chi connectivity index (χ2n) is 5.05. The molecule has 0 saturated heterocycles. The molecule has 1 unspecified atom stereocenters. The lowest BCUT2D eigenvalue weighted by Crippen LogP contribution is -2.32. The molecule has 0 fully saturated rings. The lowest BCUT2D eigenvalue weighted by atomic mass is 10.1. The van der Waals surface area contributed by atoms with Crippen molar-refractivity contribution in [1.82, 2.24) is 5.32 Å². The predicted octanol–water partition coefficient (Wildman–Crippen LogP) is 2.12. The molecule has 2 rings (SSSR count). The van der Waals surface area contributed by atoms with E-state index in [-0.39, 0.29) is 17.9 Å². The highest BCUT2D eigenvalue weighted by atomic mass is 16.2. The van der Waals surface area contributed by atoms with Crippen LogP contribution in [0.4, 0.5) is 5.69 Å². The van der Waals surface area contributed by atoms with Crippen molar-refractivity contribution in [3.63, 3.8) is 0 Å². The van der Waals surface area contributed by atoms with Gasteiger partial charge in [0.25, 0.3) is 5.91 Å². The first-order valence-corrected chi connectivity index (χ1v) is 6.74. The molecule has 0 radical (unpaired) electrons. The molecule has 0 spiro atoms. The summed E-state index contributed by atoms with van der Waals surface area (Å²) in [4.78, 5) is 25.3. The van der Waals surface area contributed by atoms with Gasteiger partial charge in [0.1, 0.15) is 0 Å². The number of anilines is 1. The van der Waals surface area contributed by atoms with E-state index in [0.717, 1.165) is 24.1 Å². The van der Waals surface area contributed by atoms with Crippen LogP contribution >= 0.6 is 0 Å². The van der Waals surface area contributed by atoms with E-state index < -0.39 is 0 Å². The molecule has 0 bridgehead atoms. The first-order valence-electron chi connectivity index (χ1n) is 6.74. The van der Waals surface area contributed by atoms with Crippen LogP contribution in [-0.2, 0) is 11.2 Å². The van der Waals surface area contributed by atoms with E-state index in [4.69, 9.17) is 0 Å². The minimum Gasteiger partial charge on any atom is -0.350 e. The van der Waals surface area contributed by atoms with Crippen molar-refractivity contribution < 1.29 is 9.59 Å². The van der Waals surface area contributed by atoms with E-state index in [2.05, 4.69) is 5.32 Å². The summed E-state index contributed by atoms with van der Waals surface area (Å²) in [7, 11) is 0. The average molecular weight is 260 g/mol. The smallest absolute Gasteiger partial charge is 0.251 e. The van der Waals surface area contributed by atoms with Gasteiger partial charge in [-0.25, -0.2) is 0 Å². The van der Waals surface area contributed by atoms with Crippen LogP contribution in [0.3, 0.4) is 0 Å². The normalized spacial score (nSPS) is 15.0. The Morgan fingerprint density at radius 2 is 2.16 bits per heavy atom. The van der Waals surface area contributed by atoms with Gasteiger partial charge in [-0.2, -0.15) is 0 Å². The quantitative estimate of drug-likeness (QED) is 0.905. The topological polar surface area (TPSA) is 49.4 Å². The zero-order chi connectivity index (χ0) is 14.0. The Balaban J connectivity index is 2.23. The van der Waals surface area contributed by atoms with Gasteiger partial charge in [-0.05, 0) is 37.5 Å². The summed E-state index contributed by atoms with van der Waals surface area (Å²) >= 11 is 0. The van der Waals surface area contributed by atoms with Crippen molar-refractivity contribution >= 4 is 17.5 Å². The monoisotopic (exact) mass is 260 g/mol. The fourth-order valence-electron chi connectivity index (χ4n) is 2.26. The number of nitrogens with one attached hydrogen (secondary N) is 1. The molecule has 1 aromatic rings. The molecule has 2 amide bonds. The molecule has 1 atom stereocenters. The molecule has 0 saturated carbocycles. The van der Waals surface area contributed by atoms with Gasteiger partial charge >= 0.3 is 0 Å². The standard InChI is InChI=1S/C15H20N2O2/c1-4-10(2)16-15(19)13-6-5-12-7-8-17(11(3)18)14(12)9-13/h5-6,9-10H,4,7-8H2,1-3H3,(H,16,19). The Morgan fingerprint density at radius 3 is 2.79 bits per heavy atom. The molecule has 1 aliphatic heterocycles. The van der Waals surface area contributed by atoms with Crippen molar-refractivity contribution in [3.05, 3.63) is 29.3 Å². The second kappa shape index (κ2) is 5.43. The van der Waals surface area contributed by atoms with Crippen LogP contribution in [0.1, 0.15) is 43.1 Å². The van der Waals surface area contributed by atoms with Crippen LogP contribution in [0.15, 0.2) is 18.2 Å². The van der Waals surface area contributed by atoms with E-state index in [9.17, 15) is 9.59 Å². The van der Waals surface area contributed by atoms with Gasteiger partial charge in [0, 0.05) is 30.8 Å². The van der Waals surface area contributed by atoms with Crippen molar-refractivity contribution in [1.29, 1.82) is 0 Å². The molecule has 1 N–H and O–H groups in total. The molecule has 4 nitrogen and oxygen atoms in total. The number of amides is 2. The highest BCUT2D eigenvalue weighted by molar-refractivity contribution is 5.99. The zero-order valence-corrected chi connectivity index (χ0v) is 11.7. The SMILES string of the molecule is CCC(C)NC(=O)c1ccc2c(c1)N(C(C)=O)CC2. The van der Waals surface area contributed by atoms with Gasteiger partial charge in [0.05, 0.1) is 0 Å². The highest BCUT2D eigenvalue weighted by Gasteiger charge is 2.23. The first-order chi connectivity index (χ1) is 9.02. The van der Waals surface area contributed by atoms with Crippen molar-refractivity contribution in [3.8, 4) is 0 Å². The highest BCUT2D eigenvalue weighted by Crippen LogP contribution is 2.29. The number of hydrogen-bond acceptors (Lipinski definition) is 2. The summed E-state index contributed by atoms with van der Waals surface area (Å²) in [6.07, 6.45) is 1.76. The third-order valence-electron chi connectivity index (χ3n) is 3.61. The molecule has 4 heteroatoms. The molecule has 19 heavy (non-hydrogen) atoms. The van der Waals surface area contributed by atoms with Gasteiger partial charge < -0.3 is 10.2 Å². The fourth-order valence-corrected chi connectivity index (χ4v) is 2.26. The number of fused-ring (bicyclic) bond motifs is 1. The summed E-state index contributed by atoms with van der Waals surface area (Å²) < 4.78 is 0. The van der Waals surface area contributed by atoms with Gasteiger partial charge in [-0.1, -0.05) is 13.0 Å². The van der Waals surface area contributed by atoms with Crippen LogP contribution in [0.2, 0.25) is 0 Å². The predicted molar refractivity (Wildman–Crippen MR) is 75.4 cm³/mol. The molecular formula is C15H20N2O2. The largest absolute Gasteiger partial charge is 0.350 e. The zero-order valence-electron chi connectivity index (χ0n) is 11.7. The van der Waals surface area contributed by atoms with E-state index in [1.165, 1.54) is 0 Å². The summed E-state index contributed by atoms with van der Waals surface area (Å²) in [6, 6.07) is 5.76. The number of rotatable bonds is 3. The van der Waals surface area contributed by atoms with E-state index in [1.807, 2.05) is 32.0 Å². The number of hydrogen-bond donors (Lipinski definition) is 1. The summed E-state index contributed by atoms with van der Waals surface area (Å²) in [6.45, 7) is 6.28. The maximum Gasteiger partial charge on any atom is 0.251 e. The van der Waals surface area contributed by atoms with Crippen molar-refractivity contribution in [2.24, 2.45) is 0 Å². The molecule has 1 heterocycles. The average Bonchev–Trinajstić information content (AvgIpc) is 2.81. The minimum absolute atomic E-state index is 0.0261. The number of carbonyl (C=O) groups is 2. The van der Waals surface area contributed by atoms with E-state index >= 15 is 0 Å². The number of benzene rings is 1. The van der Waals surface area contributed by atoms with Crippen LogP contribution < -0.4 is 10.2 Å². The van der Waals surface area contributed by atoms with Gasteiger partial charge in [0.15, 0.2) is 0 Å². The van der Waals surface area contributed by atoms with E-state index in [1.54, 1.807) is 11.8 Å². The fraction of sp³-hybridized carbons (Fsp3) is 0.467. The molecule has 1 aromatic carbocycles. The Kier molecular flexibility index (Phi) is 3.88. The Bertz CT molecular complexity index is 511. The van der Waals surface area contributed by atoms with Crippen molar-refractivity contribution in [2.45, 2.75) is 39.7 Å². The Morgan fingerprint density at radius 1 is 1.42 bits per heavy atom. The van der Waals surface area contributed by atoms with Crippen LogP contribution in [-0.4, -0.2) is 24.4 Å². The van der Waals surface area contributed by atoms with Crippen molar-refractivity contribution in [2.75, 3.05) is 11.4 Å². The summed E-state index contributed by atoms with van der Waals surface area (Å²) in [5, 5.41) is 2.94. The summed E-state index contributed by atoms with van der Waals surface area (Å²) in [5.41, 5.74) is 2.63. The van der Waals surface area contributed by atoms with Gasteiger partial charge in [-0.15, -0.1) is 0 Å². The third-order valence-corrected chi connectivity index (χ3v) is 3.61. The number of carbonyl (C=O) groups excluding carboxylic acids is 2. The third kappa shape index (κ3) is 2.78. The van der Waals surface area contributed by atoms with Crippen LogP contribution in [0, 0.1) is 0 Å². The maximum absolute atomic E-state index is 12.1. The summed E-state index contributed by atoms with van der Waals surface area (Å²) in [5.74, 6) is -0.0502. The lowest BCUT2D eigenvalue weighted by molar-refractivity contribution is -0.116. The lowest BCUT2D eigenvalue weighted by Gasteiger charge is -2.16. The van der Waals surface area contributed by atoms with Crippen LogP contribution in [0.5, 0.6) is 0 Å². The molecule has 0 aromatic heterocycles. The maximum atomic E-state index is 12.1. The number of nitrogens with zero attached hydrogens (tertiary/aromatic N) is 1.